The van der Waals surface area contributed by atoms with Crippen LogP contribution in [0.5, 0.6) is 17.2 Å². The van der Waals surface area contributed by atoms with Gasteiger partial charge >= 0.3 is 12.3 Å². The number of hydrogen-bond donors (Lipinski definition) is 3. The Morgan fingerprint density at radius 3 is 2.25 bits per heavy atom. The summed E-state index contributed by atoms with van der Waals surface area (Å²) in [4.78, 5) is 10.6. The molecule has 0 atom stereocenters. The predicted octanol–water partition coefficient (Wildman–Crippen LogP) is 1.69. The lowest BCUT2D eigenvalue weighted by molar-refractivity contribution is -0.274. The van der Waals surface area contributed by atoms with E-state index >= 15 is 0 Å². The van der Waals surface area contributed by atoms with Gasteiger partial charge in [0.1, 0.15) is 17.1 Å². The molecule has 0 amide bonds. The molecule has 0 saturated heterocycles. The van der Waals surface area contributed by atoms with E-state index in [1.165, 1.54) is 0 Å². The Morgan fingerprint density at radius 2 is 1.81 bits per heavy atom. The van der Waals surface area contributed by atoms with Gasteiger partial charge in [0.15, 0.2) is 5.75 Å². The largest absolute Gasteiger partial charge is 0.573 e. The van der Waals surface area contributed by atoms with Crippen LogP contribution in [0.1, 0.15) is 10.4 Å². The number of alkyl halides is 3. The maximum absolute atomic E-state index is 11.9. The van der Waals surface area contributed by atoms with Crippen molar-refractivity contribution in [3.05, 3.63) is 17.7 Å². The first-order valence-corrected chi connectivity index (χ1v) is 3.75. The minimum atomic E-state index is -5.12. The topological polar surface area (TPSA) is 87.0 Å². The van der Waals surface area contributed by atoms with Gasteiger partial charge < -0.3 is 20.1 Å². The number of carbonyl (C=O) groups is 1. The number of phenols is 2. The van der Waals surface area contributed by atoms with Crippen LogP contribution in [0.4, 0.5) is 13.2 Å². The summed E-state index contributed by atoms with van der Waals surface area (Å²) >= 11 is 0. The fourth-order valence-electron chi connectivity index (χ4n) is 1.01. The number of carboxylic acids is 1. The van der Waals surface area contributed by atoms with Crippen LogP contribution < -0.4 is 4.74 Å². The Bertz CT molecular complexity index is 426. The second kappa shape index (κ2) is 3.80. The van der Waals surface area contributed by atoms with E-state index < -0.39 is 35.1 Å². The van der Waals surface area contributed by atoms with Crippen molar-refractivity contribution in [3.8, 4) is 17.2 Å². The molecule has 0 fully saturated rings. The van der Waals surface area contributed by atoms with E-state index in [1.54, 1.807) is 0 Å². The molecule has 5 nitrogen and oxygen atoms in total. The quantitative estimate of drug-likeness (QED) is 0.729. The zero-order valence-corrected chi connectivity index (χ0v) is 7.45. The fraction of sp³-hybridized carbons (Fsp3) is 0.125. The average molecular weight is 238 g/mol. The molecule has 0 aromatic heterocycles. The minimum absolute atomic E-state index is 0.441. The fourth-order valence-corrected chi connectivity index (χ4v) is 1.01. The van der Waals surface area contributed by atoms with Crippen molar-refractivity contribution in [2.75, 3.05) is 0 Å². The van der Waals surface area contributed by atoms with Gasteiger partial charge in [0, 0.05) is 12.1 Å². The first-order chi connectivity index (χ1) is 7.20. The Hall–Kier alpha value is -2.12. The van der Waals surface area contributed by atoms with Crippen LogP contribution in [0, 0.1) is 0 Å². The zero-order valence-electron chi connectivity index (χ0n) is 7.45. The second-order valence-electron chi connectivity index (χ2n) is 2.69. The number of ether oxygens (including phenoxy) is 1. The van der Waals surface area contributed by atoms with Gasteiger partial charge in [-0.25, -0.2) is 4.79 Å². The van der Waals surface area contributed by atoms with Gasteiger partial charge in [0.05, 0.1) is 0 Å². The van der Waals surface area contributed by atoms with E-state index in [0.29, 0.717) is 12.1 Å². The molecule has 88 valence electrons. The number of halogens is 3. The van der Waals surface area contributed by atoms with E-state index in [4.69, 9.17) is 15.3 Å². The minimum Gasteiger partial charge on any atom is -0.508 e. The standard InChI is InChI=1S/C8H5F3O5/c9-8(10,11)16-5-2-3(12)1-4(13)6(5)7(14)15/h1-2,12-13H,(H,14,15). The van der Waals surface area contributed by atoms with Crippen molar-refractivity contribution < 1.29 is 38.0 Å². The van der Waals surface area contributed by atoms with Crippen LogP contribution in [0.25, 0.3) is 0 Å². The molecule has 0 radical (unpaired) electrons. The first kappa shape index (κ1) is 12.0. The number of rotatable bonds is 2. The Balaban J connectivity index is 3.30. The maximum atomic E-state index is 11.9. The monoisotopic (exact) mass is 238 g/mol. The molecular weight excluding hydrogens is 233 g/mol. The highest BCUT2D eigenvalue weighted by molar-refractivity contribution is 5.94. The van der Waals surface area contributed by atoms with E-state index in [0.717, 1.165) is 0 Å². The predicted molar refractivity (Wildman–Crippen MR) is 43.4 cm³/mol. The zero-order chi connectivity index (χ0) is 12.5. The summed E-state index contributed by atoms with van der Waals surface area (Å²) in [5.74, 6) is -4.76. The summed E-state index contributed by atoms with van der Waals surface area (Å²) in [6.07, 6.45) is -5.12. The first-order valence-electron chi connectivity index (χ1n) is 3.75. The molecule has 1 rings (SSSR count). The highest BCUT2D eigenvalue weighted by Gasteiger charge is 2.34. The van der Waals surface area contributed by atoms with Crippen molar-refractivity contribution >= 4 is 5.97 Å². The normalized spacial score (nSPS) is 11.2. The molecular formula is C8H5F3O5. The summed E-state index contributed by atoms with van der Waals surface area (Å²) in [6, 6.07) is 1.03. The Kier molecular flexibility index (Phi) is 2.84. The van der Waals surface area contributed by atoms with Crippen LogP contribution in [-0.2, 0) is 0 Å². The number of phenolic OH excluding ortho intramolecular Hbond substituents is 1. The number of carboxylic acid groups (broad SMARTS) is 1. The lowest BCUT2D eigenvalue weighted by Crippen LogP contribution is -2.19. The Morgan fingerprint density at radius 1 is 1.25 bits per heavy atom. The second-order valence-corrected chi connectivity index (χ2v) is 2.69. The van der Waals surface area contributed by atoms with Gasteiger partial charge in [-0.3, -0.25) is 0 Å². The lowest BCUT2D eigenvalue weighted by atomic mass is 10.1. The van der Waals surface area contributed by atoms with Crippen LogP contribution in [0.2, 0.25) is 0 Å². The summed E-state index contributed by atoms with van der Waals surface area (Å²) in [7, 11) is 0. The molecule has 0 heterocycles. The SMILES string of the molecule is O=C(O)c1c(O)cc(O)cc1OC(F)(F)F. The van der Waals surface area contributed by atoms with Gasteiger partial charge in [0.2, 0.25) is 0 Å². The van der Waals surface area contributed by atoms with E-state index in [1.807, 2.05) is 0 Å². The summed E-state index contributed by atoms with van der Waals surface area (Å²) in [5, 5.41) is 26.5. The molecule has 0 saturated carbocycles. The van der Waals surface area contributed by atoms with Crippen molar-refractivity contribution in [2.24, 2.45) is 0 Å². The third kappa shape index (κ3) is 2.69. The molecule has 0 bridgehead atoms. The lowest BCUT2D eigenvalue weighted by Gasteiger charge is -2.12. The molecule has 3 N–H and O–H groups in total. The van der Waals surface area contributed by atoms with Crippen LogP contribution >= 0.6 is 0 Å². The van der Waals surface area contributed by atoms with Gasteiger partial charge in [-0.05, 0) is 0 Å². The van der Waals surface area contributed by atoms with Crippen molar-refractivity contribution in [1.29, 1.82) is 0 Å². The van der Waals surface area contributed by atoms with Gasteiger partial charge in [0.25, 0.3) is 0 Å². The maximum Gasteiger partial charge on any atom is 0.573 e. The highest BCUT2D eigenvalue weighted by Crippen LogP contribution is 2.35. The van der Waals surface area contributed by atoms with Gasteiger partial charge in [-0.2, -0.15) is 0 Å². The van der Waals surface area contributed by atoms with E-state index in [2.05, 4.69) is 4.74 Å². The summed E-state index contributed by atoms with van der Waals surface area (Å²) in [6.45, 7) is 0. The molecule has 0 aliphatic heterocycles. The van der Waals surface area contributed by atoms with Crippen LogP contribution in [-0.4, -0.2) is 27.7 Å². The van der Waals surface area contributed by atoms with Crippen LogP contribution in [0.3, 0.4) is 0 Å². The molecule has 8 heteroatoms. The molecule has 1 aromatic carbocycles. The summed E-state index contributed by atoms with van der Waals surface area (Å²) < 4.78 is 39.0. The molecule has 1 aromatic rings. The summed E-state index contributed by atoms with van der Waals surface area (Å²) in [5.41, 5.74) is -1.07. The number of aromatic carboxylic acids is 1. The third-order valence-corrected chi connectivity index (χ3v) is 1.51. The highest BCUT2D eigenvalue weighted by atomic mass is 19.4. The van der Waals surface area contributed by atoms with Crippen molar-refractivity contribution in [1.82, 2.24) is 0 Å². The van der Waals surface area contributed by atoms with E-state index in [-0.39, 0.29) is 0 Å². The molecule has 16 heavy (non-hydrogen) atoms. The number of hydrogen-bond acceptors (Lipinski definition) is 4. The van der Waals surface area contributed by atoms with Gasteiger partial charge in [-0.15, -0.1) is 13.2 Å². The van der Waals surface area contributed by atoms with Gasteiger partial charge in [-0.1, -0.05) is 0 Å². The Labute approximate surface area is 86.3 Å². The third-order valence-electron chi connectivity index (χ3n) is 1.51. The van der Waals surface area contributed by atoms with E-state index in [9.17, 15) is 18.0 Å². The van der Waals surface area contributed by atoms with Crippen LogP contribution in [0.15, 0.2) is 12.1 Å². The molecule has 0 spiro atoms. The molecule has 0 aliphatic rings. The van der Waals surface area contributed by atoms with Crippen molar-refractivity contribution in [3.63, 3.8) is 0 Å². The van der Waals surface area contributed by atoms with Crippen molar-refractivity contribution in [2.45, 2.75) is 6.36 Å². The average Bonchev–Trinajstić information content (AvgIpc) is 1.96. The molecule has 0 unspecified atom stereocenters. The smallest absolute Gasteiger partial charge is 0.508 e. The number of aromatic hydroxyl groups is 2. The molecule has 0 aliphatic carbocycles. The number of benzene rings is 1.